The number of likely N-dealkylation sites (N-methyl/N-ethyl adjacent to an activating group) is 2. The molecule has 1 aromatic carbocycles. The van der Waals surface area contributed by atoms with Gasteiger partial charge >= 0.3 is 0 Å². The van der Waals surface area contributed by atoms with Gasteiger partial charge in [0.1, 0.15) is 6.04 Å². The minimum absolute atomic E-state index is 0.0262. The Morgan fingerprint density at radius 1 is 1.22 bits per heavy atom. The highest BCUT2D eigenvalue weighted by Gasteiger charge is 2.31. The molecule has 2 heterocycles. The average Bonchev–Trinajstić information content (AvgIpc) is 3.14. The van der Waals surface area contributed by atoms with Gasteiger partial charge in [-0.2, -0.15) is 5.10 Å². The van der Waals surface area contributed by atoms with Crippen LogP contribution in [-0.4, -0.2) is 64.6 Å². The first-order chi connectivity index (χ1) is 13.0. The summed E-state index contributed by atoms with van der Waals surface area (Å²) in [7, 11) is 5.47. The monoisotopic (exact) mass is 369 g/mol. The van der Waals surface area contributed by atoms with E-state index in [4.69, 9.17) is 0 Å². The summed E-state index contributed by atoms with van der Waals surface area (Å²) in [5, 5.41) is 7.25. The number of hydrogen-bond donors (Lipinski definition) is 1. The molecule has 7 heteroatoms. The van der Waals surface area contributed by atoms with E-state index in [0.29, 0.717) is 18.7 Å². The van der Waals surface area contributed by atoms with Crippen LogP contribution in [0.15, 0.2) is 42.7 Å². The SMILES string of the molecule is CNC(C(=O)N(C)C1CCN(C(=O)c2ccccc2)CC1)c1cnn(C)c1. The molecule has 0 bridgehead atoms. The van der Waals surface area contributed by atoms with Crippen LogP contribution in [0.2, 0.25) is 0 Å². The molecule has 1 aliphatic rings. The second-order valence-corrected chi connectivity index (χ2v) is 7.01. The lowest BCUT2D eigenvalue weighted by atomic mass is 10.0. The Labute approximate surface area is 159 Å². The molecule has 0 radical (unpaired) electrons. The Morgan fingerprint density at radius 3 is 2.44 bits per heavy atom. The number of carbonyl (C=O) groups is 2. The number of nitrogens with zero attached hydrogens (tertiary/aromatic N) is 4. The van der Waals surface area contributed by atoms with Crippen LogP contribution in [0.1, 0.15) is 34.8 Å². The van der Waals surface area contributed by atoms with Crippen LogP contribution in [0, 0.1) is 0 Å². The van der Waals surface area contributed by atoms with E-state index in [-0.39, 0.29) is 17.9 Å². The zero-order valence-electron chi connectivity index (χ0n) is 16.1. The van der Waals surface area contributed by atoms with Gasteiger partial charge in [-0.05, 0) is 32.0 Å². The first kappa shape index (κ1) is 19.1. The van der Waals surface area contributed by atoms with Crippen molar-refractivity contribution in [2.24, 2.45) is 7.05 Å². The van der Waals surface area contributed by atoms with E-state index in [1.54, 1.807) is 17.9 Å². The molecule has 1 aromatic heterocycles. The van der Waals surface area contributed by atoms with E-state index in [1.165, 1.54) is 0 Å². The van der Waals surface area contributed by atoms with Crippen LogP contribution in [0.25, 0.3) is 0 Å². The highest BCUT2D eigenvalue weighted by atomic mass is 16.2. The fourth-order valence-electron chi connectivity index (χ4n) is 3.63. The van der Waals surface area contributed by atoms with Crippen molar-refractivity contribution >= 4 is 11.8 Å². The lowest BCUT2D eigenvalue weighted by molar-refractivity contribution is -0.135. The summed E-state index contributed by atoms with van der Waals surface area (Å²) in [4.78, 5) is 29.2. The van der Waals surface area contributed by atoms with Gasteiger partial charge in [0.2, 0.25) is 5.91 Å². The second-order valence-electron chi connectivity index (χ2n) is 7.01. The van der Waals surface area contributed by atoms with Crippen molar-refractivity contribution in [2.45, 2.75) is 24.9 Å². The van der Waals surface area contributed by atoms with E-state index in [2.05, 4.69) is 10.4 Å². The van der Waals surface area contributed by atoms with Crippen LogP contribution in [0.5, 0.6) is 0 Å². The van der Waals surface area contributed by atoms with Crippen molar-refractivity contribution in [3.05, 3.63) is 53.9 Å². The minimum atomic E-state index is -0.410. The first-order valence-corrected chi connectivity index (χ1v) is 9.28. The summed E-state index contributed by atoms with van der Waals surface area (Å²) in [6.07, 6.45) is 5.14. The van der Waals surface area contributed by atoms with E-state index in [1.807, 2.05) is 60.4 Å². The number of piperidine rings is 1. The number of benzene rings is 1. The molecule has 2 aromatic rings. The molecule has 1 N–H and O–H groups in total. The Hall–Kier alpha value is -2.67. The lowest BCUT2D eigenvalue weighted by Gasteiger charge is -2.38. The number of aromatic nitrogens is 2. The Balaban J connectivity index is 1.60. The zero-order chi connectivity index (χ0) is 19.4. The molecule has 3 rings (SSSR count). The molecule has 1 saturated heterocycles. The molecule has 27 heavy (non-hydrogen) atoms. The van der Waals surface area contributed by atoms with Gasteiger partial charge in [-0.15, -0.1) is 0 Å². The lowest BCUT2D eigenvalue weighted by Crippen LogP contribution is -2.49. The van der Waals surface area contributed by atoms with Crippen molar-refractivity contribution in [1.82, 2.24) is 24.9 Å². The molecule has 0 saturated carbocycles. The predicted octanol–water partition coefficient (Wildman–Crippen LogP) is 1.44. The van der Waals surface area contributed by atoms with Crippen LogP contribution in [-0.2, 0) is 11.8 Å². The number of likely N-dealkylation sites (tertiary alicyclic amines) is 1. The average molecular weight is 369 g/mol. The Bertz CT molecular complexity index is 781. The molecule has 144 valence electrons. The van der Waals surface area contributed by atoms with Gasteiger partial charge < -0.3 is 15.1 Å². The molecule has 2 amide bonds. The highest BCUT2D eigenvalue weighted by Crippen LogP contribution is 2.21. The summed E-state index contributed by atoms with van der Waals surface area (Å²) in [5.74, 6) is 0.0878. The number of aryl methyl sites for hydroxylation is 1. The van der Waals surface area contributed by atoms with Gasteiger partial charge in [0.05, 0.1) is 6.20 Å². The van der Waals surface area contributed by atoms with Gasteiger partial charge in [0.15, 0.2) is 0 Å². The van der Waals surface area contributed by atoms with E-state index < -0.39 is 6.04 Å². The maximum atomic E-state index is 13.0. The summed E-state index contributed by atoms with van der Waals surface area (Å²) in [6.45, 7) is 1.32. The van der Waals surface area contributed by atoms with Gasteiger partial charge in [-0.1, -0.05) is 18.2 Å². The minimum Gasteiger partial charge on any atom is -0.341 e. The summed E-state index contributed by atoms with van der Waals surface area (Å²) >= 11 is 0. The van der Waals surface area contributed by atoms with E-state index in [9.17, 15) is 9.59 Å². The number of amides is 2. The molecule has 7 nitrogen and oxygen atoms in total. The fraction of sp³-hybridized carbons (Fsp3) is 0.450. The van der Waals surface area contributed by atoms with Crippen LogP contribution < -0.4 is 5.32 Å². The topological polar surface area (TPSA) is 70.5 Å². The summed E-state index contributed by atoms with van der Waals surface area (Å²) < 4.78 is 1.70. The molecule has 1 unspecified atom stereocenters. The number of nitrogens with one attached hydrogen (secondary N) is 1. The third-order valence-electron chi connectivity index (χ3n) is 5.26. The largest absolute Gasteiger partial charge is 0.341 e. The number of rotatable bonds is 5. The molecular formula is C20H27N5O2. The second kappa shape index (κ2) is 8.35. The van der Waals surface area contributed by atoms with Crippen molar-refractivity contribution in [3.8, 4) is 0 Å². The van der Waals surface area contributed by atoms with Gasteiger partial charge in [0.25, 0.3) is 5.91 Å². The van der Waals surface area contributed by atoms with Crippen molar-refractivity contribution < 1.29 is 9.59 Å². The molecule has 1 fully saturated rings. The van der Waals surface area contributed by atoms with Crippen LogP contribution >= 0.6 is 0 Å². The third-order valence-corrected chi connectivity index (χ3v) is 5.26. The van der Waals surface area contributed by atoms with Crippen LogP contribution in [0.4, 0.5) is 0 Å². The maximum Gasteiger partial charge on any atom is 0.253 e. The fourth-order valence-corrected chi connectivity index (χ4v) is 3.63. The quantitative estimate of drug-likeness (QED) is 0.866. The Kier molecular flexibility index (Phi) is 5.91. The Morgan fingerprint density at radius 2 is 1.89 bits per heavy atom. The predicted molar refractivity (Wildman–Crippen MR) is 103 cm³/mol. The normalized spacial score (nSPS) is 16.2. The molecule has 0 spiro atoms. The van der Waals surface area contributed by atoms with Crippen molar-refractivity contribution in [1.29, 1.82) is 0 Å². The molecule has 1 atom stereocenters. The van der Waals surface area contributed by atoms with Gasteiger partial charge in [-0.3, -0.25) is 14.3 Å². The molecule has 0 aliphatic carbocycles. The zero-order valence-corrected chi connectivity index (χ0v) is 16.1. The van der Waals surface area contributed by atoms with Gasteiger partial charge in [0, 0.05) is 50.6 Å². The summed E-state index contributed by atoms with van der Waals surface area (Å²) in [6, 6.07) is 9.07. The van der Waals surface area contributed by atoms with Crippen LogP contribution in [0.3, 0.4) is 0 Å². The van der Waals surface area contributed by atoms with E-state index >= 15 is 0 Å². The highest BCUT2D eigenvalue weighted by molar-refractivity contribution is 5.94. The molecular weight excluding hydrogens is 342 g/mol. The maximum absolute atomic E-state index is 13.0. The standard InChI is InChI=1S/C20H27N5O2/c1-21-18(16-13-22-23(2)14-16)20(27)24(3)17-9-11-25(12-10-17)19(26)15-7-5-4-6-8-15/h4-8,13-14,17-18,21H,9-12H2,1-3H3. The summed E-state index contributed by atoms with van der Waals surface area (Å²) in [5.41, 5.74) is 1.57. The molecule has 1 aliphatic heterocycles. The third kappa shape index (κ3) is 4.19. The number of hydrogen-bond acceptors (Lipinski definition) is 4. The first-order valence-electron chi connectivity index (χ1n) is 9.28. The van der Waals surface area contributed by atoms with E-state index in [0.717, 1.165) is 18.4 Å². The number of carbonyl (C=O) groups excluding carboxylic acids is 2. The van der Waals surface area contributed by atoms with Crippen molar-refractivity contribution in [3.63, 3.8) is 0 Å². The van der Waals surface area contributed by atoms with Gasteiger partial charge in [-0.25, -0.2) is 0 Å². The van der Waals surface area contributed by atoms with Crippen molar-refractivity contribution in [2.75, 3.05) is 27.2 Å². The smallest absolute Gasteiger partial charge is 0.253 e.